The SMILES string of the molecule is NC(=O)NCCC[C@H](NC(=O)CNC(=O)[C@H](CCC(=O)O)NC(=O)CCOCCOCCOCCOCCNC(=O)OCC1c2ccccc2-c2ccccc21)C(=O)Nc1ccc(COC(=O)Oc2ccc([N+](=O)[O-])cc2)cc1. The number of anilines is 1. The summed E-state index contributed by atoms with van der Waals surface area (Å²) >= 11 is 0. The van der Waals surface area contributed by atoms with Crippen LogP contribution in [0, 0.1) is 10.1 Å². The number of aliphatic carboxylic acids is 1. The summed E-state index contributed by atoms with van der Waals surface area (Å²) in [7, 11) is 0. The number of nitrogens with one attached hydrogen (secondary N) is 6. The number of carbonyl (C=O) groups is 8. The lowest BCUT2D eigenvalue weighted by Crippen LogP contribution is -2.51. The number of nitrogens with two attached hydrogens (primary N) is 1. The number of primary amides is 1. The van der Waals surface area contributed by atoms with Gasteiger partial charge in [-0.15, -0.1) is 0 Å². The lowest BCUT2D eigenvalue weighted by atomic mass is 9.98. The largest absolute Gasteiger partial charge is 0.514 e. The molecule has 0 radical (unpaired) electrons. The summed E-state index contributed by atoms with van der Waals surface area (Å²) in [6, 6.07) is 23.8. The molecule has 1 aliphatic rings. The van der Waals surface area contributed by atoms with E-state index in [0.717, 1.165) is 34.4 Å². The van der Waals surface area contributed by atoms with Crippen molar-refractivity contribution in [2.45, 2.75) is 56.7 Å². The molecule has 0 spiro atoms. The molecule has 7 amide bonds. The van der Waals surface area contributed by atoms with Crippen LogP contribution in [0.1, 0.15) is 54.7 Å². The Morgan fingerprint density at radius 2 is 1.20 bits per heavy atom. The van der Waals surface area contributed by atoms with Crippen molar-refractivity contribution in [3.63, 3.8) is 0 Å². The summed E-state index contributed by atoms with van der Waals surface area (Å²) in [5.41, 5.74) is 10.3. The molecule has 0 aliphatic heterocycles. The van der Waals surface area contributed by atoms with Crippen molar-refractivity contribution >= 4 is 59.3 Å². The van der Waals surface area contributed by atoms with E-state index in [0.29, 0.717) is 24.5 Å². The zero-order chi connectivity index (χ0) is 56.8. The third-order valence-electron chi connectivity index (χ3n) is 11.6. The highest BCUT2D eigenvalue weighted by Crippen LogP contribution is 2.44. The maximum atomic E-state index is 13.4. The summed E-state index contributed by atoms with van der Waals surface area (Å²) in [6.45, 7) is 1.39. The summed E-state index contributed by atoms with van der Waals surface area (Å²) in [4.78, 5) is 110. The molecule has 4 aromatic carbocycles. The van der Waals surface area contributed by atoms with E-state index >= 15 is 0 Å². The van der Waals surface area contributed by atoms with Crippen molar-refractivity contribution < 1.29 is 81.5 Å². The minimum atomic E-state index is -1.33. The first-order chi connectivity index (χ1) is 38.2. The molecule has 0 fully saturated rings. The number of carbonyl (C=O) groups excluding carboxylic acids is 7. The zero-order valence-corrected chi connectivity index (χ0v) is 43.1. The molecule has 79 heavy (non-hydrogen) atoms. The number of amides is 7. The van der Waals surface area contributed by atoms with Crippen molar-refractivity contribution in [3.8, 4) is 16.9 Å². The van der Waals surface area contributed by atoms with E-state index < -0.39 is 77.9 Å². The summed E-state index contributed by atoms with van der Waals surface area (Å²) in [5.74, 6) is -4.18. The van der Waals surface area contributed by atoms with E-state index in [9.17, 15) is 53.6 Å². The molecule has 26 nitrogen and oxygen atoms in total. The Kier molecular flexibility index (Phi) is 25.9. The number of nitro groups is 1. The van der Waals surface area contributed by atoms with Crippen LogP contribution in [-0.4, -0.2) is 149 Å². The van der Waals surface area contributed by atoms with Gasteiger partial charge in [0, 0.05) is 49.7 Å². The van der Waals surface area contributed by atoms with E-state index in [1.54, 1.807) is 0 Å². The highest BCUT2D eigenvalue weighted by molar-refractivity contribution is 5.98. The van der Waals surface area contributed by atoms with Crippen LogP contribution >= 0.6 is 0 Å². The Balaban J connectivity index is 0.911. The fourth-order valence-corrected chi connectivity index (χ4v) is 7.74. The fraction of sp³-hybridized carbons (Fsp3) is 0.396. The van der Waals surface area contributed by atoms with Gasteiger partial charge in [-0.1, -0.05) is 60.7 Å². The molecule has 0 saturated carbocycles. The second-order valence-corrected chi connectivity index (χ2v) is 17.4. The number of benzene rings is 4. The standard InChI is InChI=1S/C53H64N8O18/c54-51(68)55-22-5-10-44(50(67)58-36-13-11-35(12-14-36)33-78-53(70)79-38-17-15-37(16-18-38)61(71)72)60-47(63)32-57-49(66)45(19-20-48(64)65)59-46(62)21-24-73-26-28-75-30-31-76-29-27-74-25-23-56-52(69)77-34-43-41-8-3-1-6-39(41)40-7-2-4-9-42(40)43/h1-4,6-9,11-18,43-45H,5,10,19-34H2,(H,56,69)(H,57,66)(H,58,67)(H,59,62)(H,60,63)(H,64,65)(H3,54,55,68)/t44-,45-/m0/s1. The number of nitro benzene ring substituents is 1. The second kappa shape index (κ2) is 33.4. The molecule has 0 heterocycles. The third-order valence-corrected chi connectivity index (χ3v) is 11.6. The van der Waals surface area contributed by atoms with Gasteiger partial charge in [0.15, 0.2) is 0 Å². The topological polar surface area (TPSA) is 363 Å². The minimum absolute atomic E-state index is 0.0155. The van der Waals surface area contributed by atoms with Gasteiger partial charge in [-0.05, 0) is 71.3 Å². The Morgan fingerprint density at radius 3 is 1.81 bits per heavy atom. The number of alkyl carbamates (subject to hydrolysis) is 1. The summed E-state index contributed by atoms with van der Waals surface area (Å²) < 4.78 is 37.6. The number of non-ortho nitro benzene ring substituents is 1. The molecule has 1 aliphatic carbocycles. The van der Waals surface area contributed by atoms with Gasteiger partial charge in [-0.25, -0.2) is 14.4 Å². The monoisotopic (exact) mass is 1100 g/mol. The molecule has 2 atom stereocenters. The number of carboxylic acid groups (broad SMARTS) is 1. The molecule has 9 N–H and O–H groups in total. The first-order valence-corrected chi connectivity index (χ1v) is 25.2. The van der Waals surface area contributed by atoms with Gasteiger partial charge in [0.05, 0.1) is 64.3 Å². The maximum Gasteiger partial charge on any atom is 0.514 e. The molecule has 0 unspecified atom stereocenters. The van der Waals surface area contributed by atoms with Gasteiger partial charge in [-0.2, -0.15) is 0 Å². The number of hydrogen-bond donors (Lipinski definition) is 8. The van der Waals surface area contributed by atoms with Crippen LogP contribution in [0.25, 0.3) is 11.1 Å². The highest BCUT2D eigenvalue weighted by Gasteiger charge is 2.29. The van der Waals surface area contributed by atoms with E-state index in [1.165, 1.54) is 36.4 Å². The third kappa shape index (κ3) is 22.4. The normalized spacial score (nSPS) is 12.1. The molecule has 424 valence electrons. The van der Waals surface area contributed by atoms with Gasteiger partial charge in [-0.3, -0.25) is 34.1 Å². The Morgan fingerprint density at radius 1 is 0.620 bits per heavy atom. The number of nitrogens with zero attached hydrogens (tertiary/aromatic N) is 1. The Hall–Kier alpha value is -8.72. The lowest BCUT2D eigenvalue weighted by Gasteiger charge is -2.20. The lowest BCUT2D eigenvalue weighted by molar-refractivity contribution is -0.384. The molecule has 0 saturated heterocycles. The van der Waals surface area contributed by atoms with E-state index in [-0.39, 0.29) is 109 Å². The molecule has 4 aromatic rings. The van der Waals surface area contributed by atoms with Gasteiger partial charge in [0.25, 0.3) is 5.69 Å². The number of carboxylic acids is 1. The smallest absolute Gasteiger partial charge is 0.481 e. The number of hydrogen-bond acceptors (Lipinski definition) is 17. The zero-order valence-electron chi connectivity index (χ0n) is 43.1. The average Bonchev–Trinajstić information content (AvgIpc) is 3.92. The highest BCUT2D eigenvalue weighted by atomic mass is 16.7. The van der Waals surface area contributed by atoms with Crippen LogP contribution in [0.5, 0.6) is 5.75 Å². The molecular weight excluding hydrogens is 1040 g/mol. The van der Waals surface area contributed by atoms with Crippen LogP contribution < -0.4 is 42.4 Å². The molecule has 26 heteroatoms. The van der Waals surface area contributed by atoms with Gasteiger partial charge < -0.3 is 75.9 Å². The summed E-state index contributed by atoms with van der Waals surface area (Å²) in [6.07, 6.45) is -2.34. The van der Waals surface area contributed by atoms with Crippen molar-refractivity contribution in [1.82, 2.24) is 26.6 Å². The summed E-state index contributed by atoms with van der Waals surface area (Å²) in [5, 5.41) is 35.2. The molecule has 0 bridgehead atoms. The maximum absolute atomic E-state index is 13.4. The number of ether oxygens (including phenoxy) is 7. The number of rotatable bonds is 35. The predicted molar refractivity (Wildman–Crippen MR) is 281 cm³/mol. The Bertz CT molecular complexity index is 2630. The van der Waals surface area contributed by atoms with Crippen LogP contribution in [0.4, 0.5) is 25.8 Å². The molecule has 0 aromatic heterocycles. The van der Waals surface area contributed by atoms with Crippen molar-refractivity contribution in [2.24, 2.45) is 5.73 Å². The average molecular weight is 1100 g/mol. The predicted octanol–water partition coefficient (Wildman–Crippen LogP) is 3.64. The second-order valence-electron chi connectivity index (χ2n) is 17.4. The molecule has 5 rings (SSSR count). The first-order valence-electron chi connectivity index (χ1n) is 25.2. The molecular formula is C53H64N8O18. The van der Waals surface area contributed by atoms with E-state index in [2.05, 4.69) is 56.2 Å². The Labute approximate surface area is 453 Å². The van der Waals surface area contributed by atoms with Crippen molar-refractivity contribution in [2.75, 3.05) is 84.4 Å². The van der Waals surface area contributed by atoms with E-state index in [4.69, 9.17) is 38.9 Å². The van der Waals surface area contributed by atoms with Gasteiger partial charge in [0.2, 0.25) is 23.6 Å². The van der Waals surface area contributed by atoms with Crippen molar-refractivity contribution in [3.05, 3.63) is 124 Å². The van der Waals surface area contributed by atoms with Gasteiger partial charge >= 0.3 is 24.2 Å². The van der Waals surface area contributed by atoms with Gasteiger partial charge in [0.1, 0.15) is 31.0 Å². The van der Waals surface area contributed by atoms with Crippen LogP contribution in [0.2, 0.25) is 0 Å². The van der Waals surface area contributed by atoms with Crippen LogP contribution in [0.3, 0.4) is 0 Å². The van der Waals surface area contributed by atoms with Crippen molar-refractivity contribution in [1.29, 1.82) is 0 Å². The first kappa shape index (κ1) is 61.1. The minimum Gasteiger partial charge on any atom is -0.481 e. The number of fused-ring (bicyclic) bond motifs is 3. The quantitative estimate of drug-likeness (QED) is 0.0107. The number of urea groups is 1. The van der Waals surface area contributed by atoms with Crippen LogP contribution in [-0.2, 0) is 59.0 Å². The van der Waals surface area contributed by atoms with Crippen LogP contribution in [0.15, 0.2) is 97.1 Å². The van der Waals surface area contributed by atoms with E-state index in [1.807, 2.05) is 24.3 Å². The fourth-order valence-electron chi connectivity index (χ4n) is 7.74.